The molecule has 0 fully saturated rings. The smallest absolute Gasteiger partial charge is 0.407 e. The van der Waals surface area contributed by atoms with Crippen LogP contribution in [-0.2, 0) is 25.6 Å². The second-order valence-electron chi connectivity index (χ2n) is 10.8. The van der Waals surface area contributed by atoms with Gasteiger partial charge >= 0.3 is 18.3 Å². The molecule has 0 saturated heterocycles. The Morgan fingerprint density at radius 2 is 1.13 bits per heavy atom. The molecule has 0 aliphatic carbocycles. The lowest BCUT2D eigenvalue weighted by Crippen LogP contribution is -2.44. The molecule has 1 aromatic rings. The van der Waals surface area contributed by atoms with E-state index < -0.39 is 29.5 Å². The van der Waals surface area contributed by atoms with Crippen LogP contribution in [0, 0.1) is 0 Å². The Balaban J connectivity index is 2.37. The number of carbonyl (C=O) groups is 4. The van der Waals surface area contributed by atoms with Crippen LogP contribution in [0.15, 0.2) is 30.3 Å². The normalized spacial score (nSPS) is 11.4. The molecule has 0 atom stereocenters. The molecule has 0 heterocycles. The monoisotopic (exact) mass is 551 g/mol. The molecule has 0 aromatic heterocycles. The zero-order valence-electron chi connectivity index (χ0n) is 24.1. The Hall–Kier alpha value is -3.54. The standard InChI is InChI=1S/C27H45N5O7/c1-26(2,3)38-24(35)30-15-18-32(19-16-31-25(36)39-27(4,5)6)17-14-28-22(33)12-13-29-23(34)37-20-21-10-8-7-9-11-21/h7-11H,12-20H2,1-6H3,(H,28,33)(H,29,34)(H,30,35)(H,31,36). The third-order valence-electron chi connectivity index (χ3n) is 4.78. The summed E-state index contributed by atoms with van der Waals surface area (Å²) >= 11 is 0. The van der Waals surface area contributed by atoms with Gasteiger partial charge in [-0.05, 0) is 47.1 Å². The number of hydrogen-bond donors (Lipinski definition) is 4. The van der Waals surface area contributed by atoms with Gasteiger partial charge in [-0.3, -0.25) is 9.69 Å². The van der Waals surface area contributed by atoms with E-state index in [0.717, 1.165) is 5.56 Å². The first kappa shape index (κ1) is 33.5. The number of carbonyl (C=O) groups excluding carboxylic acids is 4. The SMILES string of the molecule is CC(C)(C)OC(=O)NCCN(CCNC(=O)CCNC(=O)OCc1ccccc1)CCNC(=O)OC(C)(C)C. The zero-order chi connectivity index (χ0) is 29.3. The number of benzene rings is 1. The highest BCUT2D eigenvalue weighted by Gasteiger charge is 2.17. The lowest BCUT2D eigenvalue weighted by Gasteiger charge is -2.24. The van der Waals surface area contributed by atoms with Gasteiger partial charge in [0.1, 0.15) is 17.8 Å². The molecule has 0 radical (unpaired) electrons. The molecule has 0 spiro atoms. The third kappa shape index (κ3) is 19.2. The van der Waals surface area contributed by atoms with E-state index in [1.54, 1.807) is 41.5 Å². The molecule has 0 saturated carbocycles. The first-order chi connectivity index (χ1) is 18.2. The summed E-state index contributed by atoms with van der Waals surface area (Å²) in [5.41, 5.74) is -0.324. The Kier molecular flexibility index (Phi) is 14.7. The van der Waals surface area contributed by atoms with E-state index in [2.05, 4.69) is 21.3 Å². The van der Waals surface area contributed by atoms with Crippen LogP contribution in [0.1, 0.15) is 53.5 Å². The van der Waals surface area contributed by atoms with Crippen LogP contribution in [0.4, 0.5) is 14.4 Å². The molecule has 220 valence electrons. The predicted octanol–water partition coefficient (Wildman–Crippen LogP) is 2.77. The zero-order valence-corrected chi connectivity index (χ0v) is 24.1. The highest BCUT2D eigenvalue weighted by Crippen LogP contribution is 2.07. The van der Waals surface area contributed by atoms with Crippen LogP contribution < -0.4 is 21.3 Å². The second-order valence-corrected chi connectivity index (χ2v) is 10.8. The third-order valence-corrected chi connectivity index (χ3v) is 4.78. The Morgan fingerprint density at radius 3 is 1.62 bits per heavy atom. The molecule has 1 aromatic carbocycles. The fourth-order valence-electron chi connectivity index (χ4n) is 3.09. The summed E-state index contributed by atoms with van der Waals surface area (Å²) < 4.78 is 15.6. The van der Waals surface area contributed by atoms with E-state index in [1.807, 2.05) is 35.2 Å². The van der Waals surface area contributed by atoms with Gasteiger partial charge in [-0.1, -0.05) is 30.3 Å². The molecule has 0 aliphatic rings. The maximum atomic E-state index is 12.2. The van der Waals surface area contributed by atoms with Crippen molar-refractivity contribution in [3.63, 3.8) is 0 Å². The average Bonchev–Trinajstić information content (AvgIpc) is 2.81. The summed E-state index contributed by atoms with van der Waals surface area (Å²) in [6.45, 7) is 13.4. The molecule has 12 nitrogen and oxygen atoms in total. The molecule has 0 aliphatic heterocycles. The van der Waals surface area contributed by atoms with Crippen molar-refractivity contribution in [3.8, 4) is 0 Å². The number of amides is 4. The number of nitrogens with one attached hydrogen (secondary N) is 4. The van der Waals surface area contributed by atoms with E-state index in [0.29, 0.717) is 39.3 Å². The summed E-state index contributed by atoms with van der Waals surface area (Å²) in [7, 11) is 0. The molecule has 0 unspecified atom stereocenters. The first-order valence-electron chi connectivity index (χ1n) is 13.1. The summed E-state index contributed by atoms with van der Waals surface area (Å²) in [6, 6.07) is 9.30. The van der Waals surface area contributed by atoms with Crippen molar-refractivity contribution in [1.82, 2.24) is 26.2 Å². The maximum Gasteiger partial charge on any atom is 0.407 e. The van der Waals surface area contributed by atoms with Crippen molar-refractivity contribution >= 4 is 24.2 Å². The van der Waals surface area contributed by atoms with Gasteiger partial charge in [-0.15, -0.1) is 0 Å². The quantitative estimate of drug-likeness (QED) is 0.258. The van der Waals surface area contributed by atoms with Gasteiger partial charge in [-0.25, -0.2) is 14.4 Å². The summed E-state index contributed by atoms with van der Waals surface area (Å²) in [4.78, 5) is 49.8. The van der Waals surface area contributed by atoms with Crippen LogP contribution in [0.25, 0.3) is 0 Å². The van der Waals surface area contributed by atoms with E-state index >= 15 is 0 Å². The Labute approximate surface area is 231 Å². The molecular weight excluding hydrogens is 506 g/mol. The van der Waals surface area contributed by atoms with E-state index in [1.165, 1.54) is 0 Å². The molecular formula is C27H45N5O7. The molecule has 0 bridgehead atoms. The van der Waals surface area contributed by atoms with Gasteiger partial charge in [0.15, 0.2) is 0 Å². The highest BCUT2D eigenvalue weighted by molar-refractivity contribution is 5.77. The fourth-order valence-corrected chi connectivity index (χ4v) is 3.09. The minimum atomic E-state index is -0.598. The van der Waals surface area contributed by atoms with Gasteiger partial charge in [0, 0.05) is 52.2 Å². The van der Waals surface area contributed by atoms with Crippen molar-refractivity contribution in [3.05, 3.63) is 35.9 Å². The van der Waals surface area contributed by atoms with Gasteiger partial charge in [-0.2, -0.15) is 0 Å². The van der Waals surface area contributed by atoms with Crippen LogP contribution in [-0.4, -0.2) is 86.1 Å². The molecule has 4 N–H and O–H groups in total. The summed E-state index contributed by atoms with van der Waals surface area (Å²) in [5.74, 6) is -0.225. The van der Waals surface area contributed by atoms with Crippen molar-refractivity contribution in [1.29, 1.82) is 0 Å². The Bertz CT molecular complexity index is 864. The molecule has 4 amide bonds. The lowest BCUT2D eigenvalue weighted by molar-refractivity contribution is -0.121. The van der Waals surface area contributed by atoms with Crippen LogP contribution >= 0.6 is 0 Å². The van der Waals surface area contributed by atoms with Crippen molar-refractivity contribution in [2.45, 2.75) is 65.8 Å². The van der Waals surface area contributed by atoms with E-state index in [9.17, 15) is 19.2 Å². The number of ether oxygens (including phenoxy) is 3. The lowest BCUT2D eigenvalue weighted by atomic mass is 10.2. The van der Waals surface area contributed by atoms with Gasteiger partial charge in [0.25, 0.3) is 0 Å². The number of nitrogens with zero attached hydrogens (tertiary/aromatic N) is 1. The van der Waals surface area contributed by atoms with Crippen LogP contribution in [0.5, 0.6) is 0 Å². The van der Waals surface area contributed by atoms with Gasteiger partial charge < -0.3 is 35.5 Å². The Morgan fingerprint density at radius 1 is 0.667 bits per heavy atom. The van der Waals surface area contributed by atoms with E-state index in [4.69, 9.17) is 14.2 Å². The molecule has 12 heteroatoms. The van der Waals surface area contributed by atoms with Crippen LogP contribution in [0.3, 0.4) is 0 Å². The highest BCUT2D eigenvalue weighted by atomic mass is 16.6. The van der Waals surface area contributed by atoms with E-state index in [-0.39, 0.29) is 25.5 Å². The minimum absolute atomic E-state index is 0.0981. The average molecular weight is 552 g/mol. The topological polar surface area (TPSA) is 147 Å². The van der Waals surface area contributed by atoms with Gasteiger partial charge in [0.05, 0.1) is 0 Å². The molecule has 1 rings (SSSR count). The summed E-state index contributed by atoms with van der Waals surface area (Å²) in [6.07, 6.45) is -1.52. The number of alkyl carbamates (subject to hydrolysis) is 3. The minimum Gasteiger partial charge on any atom is -0.445 e. The van der Waals surface area contributed by atoms with Crippen molar-refractivity contribution in [2.75, 3.05) is 45.8 Å². The number of rotatable bonds is 14. The number of hydrogen-bond acceptors (Lipinski definition) is 8. The predicted molar refractivity (Wildman–Crippen MR) is 147 cm³/mol. The summed E-state index contributed by atoms with van der Waals surface area (Å²) in [5, 5.41) is 10.8. The first-order valence-corrected chi connectivity index (χ1v) is 13.1. The molecule has 39 heavy (non-hydrogen) atoms. The fraction of sp³-hybridized carbons (Fsp3) is 0.630. The van der Waals surface area contributed by atoms with Crippen molar-refractivity contribution in [2.24, 2.45) is 0 Å². The van der Waals surface area contributed by atoms with Gasteiger partial charge in [0.2, 0.25) is 5.91 Å². The maximum absolute atomic E-state index is 12.2. The second kappa shape index (κ2) is 17.1. The largest absolute Gasteiger partial charge is 0.445 e. The van der Waals surface area contributed by atoms with Crippen molar-refractivity contribution < 1.29 is 33.4 Å². The van der Waals surface area contributed by atoms with Crippen LogP contribution in [0.2, 0.25) is 0 Å².